The first-order chi connectivity index (χ1) is 7.07. The fourth-order valence-corrected chi connectivity index (χ4v) is 1.60. The number of allylic oxidation sites excluding steroid dienone is 1. The largest absolute Gasteiger partial charge is 0.301 e. The first-order valence-electron chi connectivity index (χ1n) is 6.48. The standard InChI is InChI=1S/C14H29N/c1-6-7-11-15(14(4)5)12-9-8-10-13(2)3/h8,10,13-14H,6-7,9,11-12H2,1-5H3/b10-8-. The summed E-state index contributed by atoms with van der Waals surface area (Å²) in [4.78, 5) is 2.58. The fourth-order valence-electron chi connectivity index (χ4n) is 1.60. The molecule has 0 aliphatic rings. The van der Waals surface area contributed by atoms with Crippen LogP contribution >= 0.6 is 0 Å². The van der Waals surface area contributed by atoms with Crippen molar-refractivity contribution in [3.05, 3.63) is 12.2 Å². The molecule has 0 radical (unpaired) electrons. The van der Waals surface area contributed by atoms with Crippen LogP contribution in [0.5, 0.6) is 0 Å². The first-order valence-corrected chi connectivity index (χ1v) is 6.48. The van der Waals surface area contributed by atoms with Crippen LogP contribution in [0.3, 0.4) is 0 Å². The monoisotopic (exact) mass is 211 g/mol. The van der Waals surface area contributed by atoms with Crippen molar-refractivity contribution in [1.29, 1.82) is 0 Å². The molecule has 0 amide bonds. The molecule has 0 aromatic heterocycles. The van der Waals surface area contributed by atoms with Gasteiger partial charge in [-0.05, 0) is 39.2 Å². The second-order valence-corrected chi connectivity index (χ2v) is 4.94. The number of unbranched alkanes of at least 4 members (excludes halogenated alkanes) is 1. The highest BCUT2D eigenvalue weighted by molar-refractivity contribution is 4.85. The maximum absolute atomic E-state index is 2.58. The van der Waals surface area contributed by atoms with Crippen molar-refractivity contribution < 1.29 is 0 Å². The van der Waals surface area contributed by atoms with E-state index in [1.807, 2.05) is 0 Å². The van der Waals surface area contributed by atoms with E-state index in [0.717, 1.165) is 0 Å². The molecule has 0 fully saturated rings. The van der Waals surface area contributed by atoms with E-state index in [0.29, 0.717) is 12.0 Å². The molecule has 15 heavy (non-hydrogen) atoms. The van der Waals surface area contributed by atoms with Crippen molar-refractivity contribution in [2.24, 2.45) is 5.92 Å². The van der Waals surface area contributed by atoms with Gasteiger partial charge in [-0.25, -0.2) is 0 Å². The van der Waals surface area contributed by atoms with Gasteiger partial charge < -0.3 is 4.90 Å². The number of nitrogens with zero attached hydrogens (tertiary/aromatic N) is 1. The van der Waals surface area contributed by atoms with E-state index >= 15 is 0 Å². The summed E-state index contributed by atoms with van der Waals surface area (Å²) < 4.78 is 0. The Labute approximate surface area is 96.6 Å². The minimum absolute atomic E-state index is 0.684. The molecule has 0 aliphatic heterocycles. The Kier molecular flexibility index (Phi) is 8.79. The number of hydrogen-bond donors (Lipinski definition) is 0. The Hall–Kier alpha value is -0.300. The van der Waals surface area contributed by atoms with Crippen LogP contribution in [0.1, 0.15) is 53.9 Å². The van der Waals surface area contributed by atoms with E-state index in [1.165, 1.54) is 32.4 Å². The van der Waals surface area contributed by atoms with Crippen LogP contribution in [0, 0.1) is 5.92 Å². The maximum Gasteiger partial charge on any atom is 0.00387 e. The van der Waals surface area contributed by atoms with Crippen LogP contribution in [-0.2, 0) is 0 Å². The predicted molar refractivity (Wildman–Crippen MR) is 70.2 cm³/mol. The summed E-state index contributed by atoms with van der Waals surface area (Å²) in [6.45, 7) is 13.8. The minimum atomic E-state index is 0.684. The molecule has 0 saturated heterocycles. The van der Waals surface area contributed by atoms with Crippen molar-refractivity contribution in [2.75, 3.05) is 13.1 Å². The normalized spacial score (nSPS) is 12.5. The van der Waals surface area contributed by atoms with Gasteiger partial charge in [0, 0.05) is 12.6 Å². The van der Waals surface area contributed by atoms with Gasteiger partial charge in [0.1, 0.15) is 0 Å². The van der Waals surface area contributed by atoms with Crippen LogP contribution in [0.15, 0.2) is 12.2 Å². The van der Waals surface area contributed by atoms with Gasteiger partial charge in [0.2, 0.25) is 0 Å². The summed E-state index contributed by atoms with van der Waals surface area (Å²) in [6.07, 6.45) is 8.45. The molecule has 90 valence electrons. The molecule has 1 nitrogen and oxygen atoms in total. The van der Waals surface area contributed by atoms with Gasteiger partial charge in [0.15, 0.2) is 0 Å². The van der Waals surface area contributed by atoms with Crippen LogP contribution in [0.2, 0.25) is 0 Å². The van der Waals surface area contributed by atoms with Crippen LogP contribution in [-0.4, -0.2) is 24.0 Å². The molecule has 0 saturated carbocycles. The lowest BCUT2D eigenvalue weighted by Gasteiger charge is -2.25. The third-order valence-electron chi connectivity index (χ3n) is 2.63. The van der Waals surface area contributed by atoms with E-state index in [1.54, 1.807) is 0 Å². The van der Waals surface area contributed by atoms with Crippen LogP contribution in [0.25, 0.3) is 0 Å². The molecular formula is C14H29N. The Balaban J connectivity index is 3.75. The molecular weight excluding hydrogens is 182 g/mol. The van der Waals surface area contributed by atoms with Crippen molar-refractivity contribution in [3.8, 4) is 0 Å². The molecule has 0 rings (SSSR count). The lowest BCUT2D eigenvalue weighted by atomic mass is 10.2. The second kappa shape index (κ2) is 8.96. The molecule has 0 atom stereocenters. The van der Waals surface area contributed by atoms with Crippen LogP contribution in [0.4, 0.5) is 0 Å². The highest BCUT2D eigenvalue weighted by atomic mass is 15.1. The summed E-state index contributed by atoms with van der Waals surface area (Å²) in [6, 6.07) is 0.684. The van der Waals surface area contributed by atoms with E-state index in [9.17, 15) is 0 Å². The molecule has 1 heteroatoms. The lowest BCUT2D eigenvalue weighted by Crippen LogP contribution is -2.32. The third-order valence-corrected chi connectivity index (χ3v) is 2.63. The van der Waals surface area contributed by atoms with Crippen molar-refractivity contribution in [2.45, 2.75) is 59.9 Å². The lowest BCUT2D eigenvalue weighted by molar-refractivity contribution is 0.222. The van der Waals surface area contributed by atoms with Gasteiger partial charge >= 0.3 is 0 Å². The van der Waals surface area contributed by atoms with Gasteiger partial charge in [-0.1, -0.05) is 39.3 Å². The third kappa shape index (κ3) is 8.68. The summed E-state index contributed by atoms with van der Waals surface area (Å²) in [5.41, 5.74) is 0. The van der Waals surface area contributed by atoms with E-state index in [4.69, 9.17) is 0 Å². The van der Waals surface area contributed by atoms with Gasteiger partial charge in [-0.3, -0.25) is 0 Å². The SMILES string of the molecule is CCCCN(CC/C=C\C(C)C)C(C)C. The predicted octanol–water partition coefficient (Wildman–Crippen LogP) is 4.10. The average Bonchev–Trinajstić information content (AvgIpc) is 2.15. The van der Waals surface area contributed by atoms with Gasteiger partial charge in [-0.15, -0.1) is 0 Å². The van der Waals surface area contributed by atoms with Gasteiger partial charge in [0.05, 0.1) is 0 Å². The average molecular weight is 211 g/mol. The number of hydrogen-bond acceptors (Lipinski definition) is 1. The molecule has 0 aliphatic carbocycles. The molecule has 0 bridgehead atoms. The smallest absolute Gasteiger partial charge is 0.00387 e. The molecule has 0 unspecified atom stereocenters. The summed E-state index contributed by atoms with van der Waals surface area (Å²) >= 11 is 0. The summed E-state index contributed by atoms with van der Waals surface area (Å²) in [7, 11) is 0. The Morgan fingerprint density at radius 3 is 2.20 bits per heavy atom. The Bertz CT molecular complexity index is 159. The zero-order valence-electron chi connectivity index (χ0n) is 11.3. The van der Waals surface area contributed by atoms with Crippen molar-refractivity contribution in [3.63, 3.8) is 0 Å². The van der Waals surface area contributed by atoms with Crippen LogP contribution < -0.4 is 0 Å². The molecule has 0 spiro atoms. The summed E-state index contributed by atoms with van der Waals surface area (Å²) in [5, 5.41) is 0. The fraction of sp³-hybridized carbons (Fsp3) is 0.857. The molecule has 0 N–H and O–H groups in total. The highest BCUT2D eigenvalue weighted by Crippen LogP contribution is 2.04. The second-order valence-electron chi connectivity index (χ2n) is 4.94. The van der Waals surface area contributed by atoms with Crippen molar-refractivity contribution in [1.82, 2.24) is 4.90 Å². The maximum atomic E-state index is 2.58. The topological polar surface area (TPSA) is 3.24 Å². The molecule has 0 aromatic rings. The Morgan fingerprint density at radius 1 is 1.07 bits per heavy atom. The zero-order valence-corrected chi connectivity index (χ0v) is 11.3. The van der Waals surface area contributed by atoms with E-state index in [-0.39, 0.29) is 0 Å². The quantitative estimate of drug-likeness (QED) is 0.546. The highest BCUT2D eigenvalue weighted by Gasteiger charge is 2.06. The molecule has 0 heterocycles. The van der Waals surface area contributed by atoms with E-state index in [2.05, 4.69) is 51.7 Å². The Morgan fingerprint density at radius 2 is 1.73 bits per heavy atom. The van der Waals surface area contributed by atoms with Crippen molar-refractivity contribution >= 4 is 0 Å². The minimum Gasteiger partial charge on any atom is -0.301 e. The zero-order chi connectivity index (χ0) is 11.7. The van der Waals surface area contributed by atoms with E-state index < -0.39 is 0 Å². The first kappa shape index (κ1) is 14.7. The van der Waals surface area contributed by atoms with Gasteiger partial charge in [-0.2, -0.15) is 0 Å². The van der Waals surface area contributed by atoms with Gasteiger partial charge in [0.25, 0.3) is 0 Å². The number of rotatable bonds is 8. The summed E-state index contributed by atoms with van der Waals surface area (Å²) in [5.74, 6) is 0.688. The molecule has 0 aromatic carbocycles.